The first-order chi connectivity index (χ1) is 7.78. The van der Waals surface area contributed by atoms with E-state index in [9.17, 15) is 5.11 Å². The molecule has 3 rings (SSSR count). The van der Waals surface area contributed by atoms with Crippen molar-refractivity contribution in [3.8, 4) is 0 Å². The van der Waals surface area contributed by atoms with Crippen LogP contribution in [0, 0.1) is 5.41 Å². The fourth-order valence-electron chi connectivity index (χ4n) is 3.26. The summed E-state index contributed by atoms with van der Waals surface area (Å²) in [7, 11) is 0. The molecule has 1 aliphatic carbocycles. The zero-order chi connectivity index (χ0) is 11.2. The molecule has 1 aromatic rings. The molecule has 2 aliphatic rings. The van der Waals surface area contributed by atoms with E-state index in [0.717, 1.165) is 18.6 Å². The second kappa shape index (κ2) is 3.49. The van der Waals surface area contributed by atoms with E-state index in [2.05, 4.69) is 24.3 Å². The molecule has 0 amide bonds. The van der Waals surface area contributed by atoms with Crippen molar-refractivity contribution in [3.63, 3.8) is 0 Å². The summed E-state index contributed by atoms with van der Waals surface area (Å²) < 4.78 is 0. The maximum absolute atomic E-state index is 9.61. The first kappa shape index (κ1) is 10.6. The molecule has 16 heavy (non-hydrogen) atoms. The predicted octanol–water partition coefficient (Wildman–Crippen LogP) is 1.76. The van der Waals surface area contributed by atoms with Gasteiger partial charge in [-0.25, -0.2) is 0 Å². The van der Waals surface area contributed by atoms with Gasteiger partial charge in [-0.2, -0.15) is 0 Å². The topological polar surface area (TPSA) is 46.2 Å². The summed E-state index contributed by atoms with van der Waals surface area (Å²) >= 11 is 1.93. The number of benzene rings is 1. The highest BCUT2D eigenvalue weighted by molar-refractivity contribution is 7.99. The van der Waals surface area contributed by atoms with Crippen molar-refractivity contribution < 1.29 is 5.11 Å². The smallest absolute Gasteiger partial charge is 0.0508 e. The quantitative estimate of drug-likeness (QED) is 0.821. The SMILES string of the molecule is NCC1(CO)CC12CCSc1ccccc12. The molecule has 0 bridgehead atoms. The van der Waals surface area contributed by atoms with Crippen molar-refractivity contribution in [1.82, 2.24) is 0 Å². The normalized spacial score (nSPS) is 36.1. The lowest BCUT2D eigenvalue weighted by atomic mass is 9.83. The first-order valence-corrected chi connectivity index (χ1v) is 6.80. The van der Waals surface area contributed by atoms with Gasteiger partial charge in [0.15, 0.2) is 0 Å². The van der Waals surface area contributed by atoms with Crippen LogP contribution in [-0.4, -0.2) is 24.0 Å². The molecule has 1 saturated carbocycles. The highest BCUT2D eigenvalue weighted by Crippen LogP contribution is 2.69. The molecule has 3 N–H and O–H groups in total. The Balaban J connectivity index is 2.07. The molecule has 1 aliphatic heterocycles. The van der Waals surface area contributed by atoms with Gasteiger partial charge in [0.05, 0.1) is 6.61 Å². The molecular formula is C13H17NOS. The van der Waals surface area contributed by atoms with Crippen molar-refractivity contribution in [2.75, 3.05) is 18.9 Å². The van der Waals surface area contributed by atoms with E-state index in [1.807, 2.05) is 11.8 Å². The van der Waals surface area contributed by atoms with Gasteiger partial charge in [0.2, 0.25) is 0 Å². The Morgan fingerprint density at radius 3 is 2.88 bits per heavy atom. The number of aliphatic hydroxyl groups is 1. The summed E-state index contributed by atoms with van der Waals surface area (Å²) in [5.74, 6) is 1.15. The number of nitrogens with two attached hydrogens (primary N) is 1. The highest BCUT2D eigenvalue weighted by atomic mass is 32.2. The Hall–Kier alpha value is -0.510. The van der Waals surface area contributed by atoms with Crippen molar-refractivity contribution in [2.24, 2.45) is 11.1 Å². The largest absolute Gasteiger partial charge is 0.396 e. The summed E-state index contributed by atoms with van der Waals surface area (Å²) in [6, 6.07) is 8.60. The van der Waals surface area contributed by atoms with Crippen molar-refractivity contribution in [1.29, 1.82) is 0 Å². The van der Waals surface area contributed by atoms with E-state index in [0.29, 0.717) is 6.54 Å². The third-order valence-electron chi connectivity index (χ3n) is 4.41. The lowest BCUT2D eigenvalue weighted by Gasteiger charge is -2.30. The molecule has 1 aromatic carbocycles. The monoisotopic (exact) mass is 235 g/mol. The van der Waals surface area contributed by atoms with Gasteiger partial charge < -0.3 is 10.8 Å². The Labute approximate surface area is 100 Å². The van der Waals surface area contributed by atoms with E-state index >= 15 is 0 Å². The molecule has 1 fully saturated rings. The van der Waals surface area contributed by atoms with Gasteiger partial charge in [-0.05, 0) is 30.2 Å². The molecule has 1 spiro atoms. The molecule has 2 nitrogen and oxygen atoms in total. The second-order valence-electron chi connectivity index (χ2n) is 5.00. The second-order valence-corrected chi connectivity index (χ2v) is 6.13. The van der Waals surface area contributed by atoms with Gasteiger partial charge in [-0.15, -0.1) is 11.8 Å². The fraction of sp³-hybridized carbons (Fsp3) is 0.538. The predicted molar refractivity (Wildman–Crippen MR) is 66.7 cm³/mol. The Morgan fingerprint density at radius 2 is 2.19 bits per heavy atom. The van der Waals surface area contributed by atoms with Gasteiger partial charge in [0, 0.05) is 22.3 Å². The maximum Gasteiger partial charge on any atom is 0.0508 e. The van der Waals surface area contributed by atoms with Crippen LogP contribution in [0.3, 0.4) is 0 Å². The number of fused-ring (bicyclic) bond motifs is 2. The summed E-state index contributed by atoms with van der Waals surface area (Å²) in [5, 5.41) is 9.61. The summed E-state index contributed by atoms with van der Waals surface area (Å²) in [6.07, 6.45) is 2.22. The number of aliphatic hydroxyl groups excluding tert-OH is 1. The summed E-state index contributed by atoms with van der Waals surface area (Å²) in [4.78, 5) is 1.39. The Kier molecular flexibility index (Phi) is 2.32. The van der Waals surface area contributed by atoms with Gasteiger partial charge >= 0.3 is 0 Å². The third kappa shape index (κ3) is 1.17. The Morgan fingerprint density at radius 1 is 1.38 bits per heavy atom. The molecule has 86 valence electrons. The molecule has 1 heterocycles. The van der Waals surface area contributed by atoms with Crippen LogP contribution in [0.15, 0.2) is 29.2 Å². The zero-order valence-corrected chi connectivity index (χ0v) is 10.1. The summed E-state index contributed by atoms with van der Waals surface area (Å²) in [5.41, 5.74) is 7.44. The fourth-order valence-corrected chi connectivity index (χ4v) is 4.53. The summed E-state index contributed by atoms with van der Waals surface area (Å²) in [6.45, 7) is 0.824. The molecule has 2 atom stereocenters. The zero-order valence-electron chi connectivity index (χ0n) is 9.28. The molecular weight excluding hydrogens is 218 g/mol. The van der Waals surface area contributed by atoms with Crippen LogP contribution in [0.2, 0.25) is 0 Å². The van der Waals surface area contributed by atoms with E-state index in [-0.39, 0.29) is 17.4 Å². The lowest BCUT2D eigenvalue weighted by Crippen LogP contribution is -2.31. The molecule has 0 radical (unpaired) electrons. The number of hydrogen-bond acceptors (Lipinski definition) is 3. The molecule has 3 heteroatoms. The minimum absolute atomic E-state index is 0.0376. The lowest BCUT2D eigenvalue weighted by molar-refractivity contribution is 0.193. The minimum Gasteiger partial charge on any atom is -0.396 e. The maximum atomic E-state index is 9.61. The standard InChI is InChI=1S/C13H17NOS/c14-8-12(9-15)7-13(12)5-6-16-11-4-2-1-3-10(11)13/h1-4,15H,5-9,14H2. The van der Waals surface area contributed by atoms with E-state index in [1.165, 1.54) is 10.5 Å². The van der Waals surface area contributed by atoms with Gasteiger partial charge in [-0.1, -0.05) is 18.2 Å². The van der Waals surface area contributed by atoms with Gasteiger partial charge in [0.25, 0.3) is 0 Å². The number of hydrogen-bond donors (Lipinski definition) is 2. The minimum atomic E-state index is -0.0376. The van der Waals surface area contributed by atoms with Gasteiger partial charge in [-0.3, -0.25) is 0 Å². The van der Waals surface area contributed by atoms with E-state index in [1.54, 1.807) is 0 Å². The van der Waals surface area contributed by atoms with Crippen LogP contribution >= 0.6 is 11.8 Å². The average Bonchev–Trinajstić information content (AvgIpc) is 2.99. The Bertz CT molecular complexity index is 416. The number of thioether (sulfide) groups is 1. The van der Waals surface area contributed by atoms with Crippen molar-refractivity contribution in [2.45, 2.75) is 23.2 Å². The van der Waals surface area contributed by atoms with Gasteiger partial charge in [0.1, 0.15) is 0 Å². The molecule has 0 aromatic heterocycles. The van der Waals surface area contributed by atoms with E-state index < -0.39 is 0 Å². The van der Waals surface area contributed by atoms with Crippen molar-refractivity contribution in [3.05, 3.63) is 29.8 Å². The van der Waals surface area contributed by atoms with E-state index in [4.69, 9.17) is 5.73 Å². The molecule has 0 saturated heterocycles. The first-order valence-electron chi connectivity index (χ1n) is 5.81. The third-order valence-corrected chi connectivity index (χ3v) is 5.49. The van der Waals surface area contributed by atoms with Crippen molar-refractivity contribution >= 4 is 11.8 Å². The molecule has 2 unspecified atom stereocenters. The van der Waals surface area contributed by atoms with Crippen LogP contribution in [0.4, 0.5) is 0 Å². The average molecular weight is 235 g/mol. The highest BCUT2D eigenvalue weighted by Gasteiger charge is 2.67. The van der Waals surface area contributed by atoms with Crippen LogP contribution in [0.5, 0.6) is 0 Å². The van der Waals surface area contributed by atoms with Crippen LogP contribution in [-0.2, 0) is 5.41 Å². The van der Waals surface area contributed by atoms with Crippen LogP contribution in [0.1, 0.15) is 18.4 Å². The number of rotatable bonds is 2. The van der Waals surface area contributed by atoms with Crippen LogP contribution < -0.4 is 5.73 Å². The van der Waals surface area contributed by atoms with Crippen LogP contribution in [0.25, 0.3) is 0 Å².